The minimum absolute atomic E-state index is 0.247. The summed E-state index contributed by atoms with van der Waals surface area (Å²) in [6, 6.07) is 6.19. The van der Waals surface area contributed by atoms with Crippen molar-refractivity contribution in [2.24, 2.45) is 0 Å². The Bertz CT molecular complexity index is 512. The Hall–Kier alpha value is -1.64. The van der Waals surface area contributed by atoms with Gasteiger partial charge in [0.15, 0.2) is 12.1 Å². The van der Waals surface area contributed by atoms with Gasteiger partial charge >= 0.3 is 0 Å². The summed E-state index contributed by atoms with van der Waals surface area (Å²) >= 11 is 0. The van der Waals surface area contributed by atoms with Crippen LogP contribution in [-0.2, 0) is 0 Å². The van der Waals surface area contributed by atoms with Gasteiger partial charge in [0.2, 0.25) is 0 Å². The highest BCUT2D eigenvalue weighted by Gasteiger charge is 2.13. The quantitative estimate of drug-likeness (QED) is 0.702. The summed E-state index contributed by atoms with van der Waals surface area (Å²) in [4.78, 5) is 15.2. The smallest absolute Gasteiger partial charge is 0.185 e. The first-order chi connectivity index (χ1) is 7.15. The summed E-state index contributed by atoms with van der Waals surface area (Å²) in [5, 5.41) is 0. The number of fused-ring (bicyclic) bond motifs is 1. The lowest BCUT2D eigenvalue weighted by Crippen LogP contribution is -2.05. The number of carbonyl (C=O) groups is 1. The SMILES string of the molecule is Cc1cccc2nc(C=O)n(C(C)C)c12. The van der Waals surface area contributed by atoms with Gasteiger partial charge in [-0.15, -0.1) is 0 Å². The van der Waals surface area contributed by atoms with Crippen LogP contribution in [0.5, 0.6) is 0 Å². The van der Waals surface area contributed by atoms with E-state index in [4.69, 9.17) is 0 Å². The highest BCUT2D eigenvalue weighted by Crippen LogP contribution is 2.23. The molecular weight excluding hydrogens is 188 g/mol. The van der Waals surface area contributed by atoms with Crippen LogP contribution in [0.15, 0.2) is 18.2 Å². The Labute approximate surface area is 88.7 Å². The van der Waals surface area contributed by atoms with Crippen LogP contribution < -0.4 is 0 Å². The molecule has 1 heterocycles. The van der Waals surface area contributed by atoms with Crippen LogP contribution in [0.3, 0.4) is 0 Å². The normalized spacial score (nSPS) is 11.2. The molecule has 0 atom stereocenters. The molecule has 78 valence electrons. The lowest BCUT2D eigenvalue weighted by Gasteiger charge is -2.11. The maximum atomic E-state index is 10.9. The van der Waals surface area contributed by atoms with Crippen molar-refractivity contribution in [3.05, 3.63) is 29.6 Å². The molecule has 0 N–H and O–H groups in total. The first-order valence-corrected chi connectivity index (χ1v) is 5.08. The Morgan fingerprint density at radius 2 is 2.13 bits per heavy atom. The van der Waals surface area contributed by atoms with Gasteiger partial charge in [-0.1, -0.05) is 12.1 Å². The zero-order chi connectivity index (χ0) is 11.0. The summed E-state index contributed by atoms with van der Waals surface area (Å²) in [7, 11) is 0. The molecule has 1 aromatic heterocycles. The summed E-state index contributed by atoms with van der Waals surface area (Å²) in [6.07, 6.45) is 0.819. The van der Waals surface area contributed by atoms with Crippen molar-refractivity contribution in [2.75, 3.05) is 0 Å². The number of carbonyl (C=O) groups excluding carboxylic acids is 1. The van der Waals surface area contributed by atoms with Crippen LogP contribution in [0.1, 0.15) is 36.1 Å². The fourth-order valence-corrected chi connectivity index (χ4v) is 1.94. The third kappa shape index (κ3) is 1.44. The average molecular weight is 202 g/mol. The molecule has 3 heteroatoms. The molecule has 0 aliphatic heterocycles. The Morgan fingerprint density at radius 1 is 1.40 bits per heavy atom. The topological polar surface area (TPSA) is 34.9 Å². The van der Waals surface area contributed by atoms with Crippen molar-refractivity contribution >= 4 is 17.3 Å². The van der Waals surface area contributed by atoms with Crippen molar-refractivity contribution in [1.82, 2.24) is 9.55 Å². The van der Waals surface area contributed by atoms with Crippen LogP contribution in [0, 0.1) is 6.92 Å². The molecule has 0 saturated carbocycles. The fourth-order valence-electron chi connectivity index (χ4n) is 1.94. The molecule has 3 nitrogen and oxygen atoms in total. The Balaban J connectivity index is 2.88. The molecule has 0 spiro atoms. The summed E-state index contributed by atoms with van der Waals surface area (Å²) in [5.74, 6) is 0.509. The molecule has 0 saturated heterocycles. The minimum Gasteiger partial charge on any atom is -0.319 e. The van der Waals surface area contributed by atoms with E-state index in [0.717, 1.165) is 22.9 Å². The van der Waals surface area contributed by atoms with Crippen molar-refractivity contribution < 1.29 is 4.79 Å². The van der Waals surface area contributed by atoms with E-state index < -0.39 is 0 Å². The first-order valence-electron chi connectivity index (χ1n) is 5.08. The number of benzene rings is 1. The zero-order valence-corrected chi connectivity index (χ0v) is 9.19. The summed E-state index contributed by atoms with van der Waals surface area (Å²) in [5.41, 5.74) is 3.11. The molecule has 0 bridgehead atoms. The van der Waals surface area contributed by atoms with E-state index in [-0.39, 0.29) is 6.04 Å². The first kappa shape index (κ1) is 9.90. The molecule has 0 aliphatic carbocycles. The molecule has 2 rings (SSSR count). The van der Waals surface area contributed by atoms with E-state index in [0.29, 0.717) is 5.82 Å². The standard InChI is InChI=1S/C12H14N2O/c1-8(2)14-11(7-15)13-10-6-4-5-9(3)12(10)14/h4-8H,1-3H3. The second kappa shape index (κ2) is 3.50. The van der Waals surface area contributed by atoms with Gasteiger partial charge in [-0.3, -0.25) is 4.79 Å². The summed E-state index contributed by atoms with van der Waals surface area (Å²) in [6.45, 7) is 6.15. The Kier molecular flexibility index (Phi) is 2.31. The number of nitrogens with zero attached hydrogens (tertiary/aromatic N) is 2. The molecule has 2 aromatic rings. The van der Waals surface area contributed by atoms with Gasteiger partial charge in [0.25, 0.3) is 0 Å². The number of hydrogen-bond donors (Lipinski definition) is 0. The number of hydrogen-bond acceptors (Lipinski definition) is 2. The van der Waals surface area contributed by atoms with Gasteiger partial charge in [0, 0.05) is 6.04 Å². The lowest BCUT2D eigenvalue weighted by molar-refractivity contribution is 0.111. The van der Waals surface area contributed by atoms with E-state index in [9.17, 15) is 4.79 Å². The largest absolute Gasteiger partial charge is 0.319 e. The molecule has 0 unspecified atom stereocenters. The summed E-state index contributed by atoms with van der Waals surface area (Å²) < 4.78 is 1.98. The van der Waals surface area contributed by atoms with Crippen molar-refractivity contribution in [3.8, 4) is 0 Å². The number of aryl methyl sites for hydroxylation is 1. The van der Waals surface area contributed by atoms with Gasteiger partial charge in [-0.05, 0) is 32.4 Å². The molecule has 0 aliphatic rings. The molecule has 0 amide bonds. The van der Waals surface area contributed by atoms with Crippen molar-refractivity contribution in [1.29, 1.82) is 0 Å². The fraction of sp³-hybridized carbons (Fsp3) is 0.333. The van der Waals surface area contributed by atoms with Crippen molar-refractivity contribution in [2.45, 2.75) is 26.8 Å². The van der Waals surface area contributed by atoms with Gasteiger partial charge in [-0.2, -0.15) is 0 Å². The van der Waals surface area contributed by atoms with Crippen LogP contribution in [0.4, 0.5) is 0 Å². The third-order valence-electron chi connectivity index (χ3n) is 2.56. The van der Waals surface area contributed by atoms with Crippen LogP contribution in [0.25, 0.3) is 11.0 Å². The van der Waals surface area contributed by atoms with E-state index in [1.807, 2.05) is 29.7 Å². The van der Waals surface area contributed by atoms with Crippen molar-refractivity contribution in [3.63, 3.8) is 0 Å². The highest BCUT2D eigenvalue weighted by atomic mass is 16.1. The average Bonchev–Trinajstić information content (AvgIpc) is 2.57. The van der Waals surface area contributed by atoms with Crippen LogP contribution >= 0.6 is 0 Å². The predicted octanol–water partition coefficient (Wildman–Crippen LogP) is 2.74. The third-order valence-corrected chi connectivity index (χ3v) is 2.56. The molecule has 0 fully saturated rings. The monoisotopic (exact) mass is 202 g/mol. The minimum atomic E-state index is 0.247. The van der Waals surface area contributed by atoms with Gasteiger partial charge in [0.05, 0.1) is 11.0 Å². The van der Waals surface area contributed by atoms with Crippen LogP contribution in [0.2, 0.25) is 0 Å². The Morgan fingerprint density at radius 3 is 2.73 bits per heavy atom. The number of aldehydes is 1. The number of rotatable bonds is 2. The maximum absolute atomic E-state index is 10.9. The zero-order valence-electron chi connectivity index (χ0n) is 9.19. The van der Waals surface area contributed by atoms with Crippen LogP contribution in [-0.4, -0.2) is 15.8 Å². The lowest BCUT2D eigenvalue weighted by atomic mass is 10.2. The van der Waals surface area contributed by atoms with Gasteiger partial charge < -0.3 is 4.57 Å². The van der Waals surface area contributed by atoms with E-state index >= 15 is 0 Å². The number of imidazole rings is 1. The van der Waals surface area contributed by atoms with E-state index in [1.54, 1.807) is 0 Å². The molecule has 1 aromatic carbocycles. The molecular formula is C12H14N2O. The second-order valence-corrected chi connectivity index (χ2v) is 3.99. The highest BCUT2D eigenvalue weighted by molar-refractivity contribution is 5.85. The van der Waals surface area contributed by atoms with E-state index in [2.05, 4.69) is 18.8 Å². The predicted molar refractivity (Wildman–Crippen MR) is 60.2 cm³/mol. The number of para-hydroxylation sites is 1. The molecule has 15 heavy (non-hydrogen) atoms. The number of aromatic nitrogens is 2. The second-order valence-electron chi connectivity index (χ2n) is 3.99. The van der Waals surface area contributed by atoms with E-state index in [1.165, 1.54) is 0 Å². The van der Waals surface area contributed by atoms with Gasteiger partial charge in [-0.25, -0.2) is 4.98 Å². The molecule has 0 radical (unpaired) electrons. The maximum Gasteiger partial charge on any atom is 0.185 e. The van der Waals surface area contributed by atoms with Gasteiger partial charge in [0.1, 0.15) is 0 Å².